The van der Waals surface area contributed by atoms with E-state index in [4.69, 9.17) is 10.8 Å². The molecular weight excluding hydrogens is 220 g/mol. The summed E-state index contributed by atoms with van der Waals surface area (Å²) in [5.74, 6) is -4.76. The minimum Gasteiger partial charge on any atom is -0.503 e. The van der Waals surface area contributed by atoms with Crippen molar-refractivity contribution in [3.8, 4) is 11.5 Å². The molecule has 6 heteroatoms. The summed E-state index contributed by atoms with van der Waals surface area (Å²) in [6, 6.07) is 0.905. The molecule has 0 amide bonds. The smallest absolute Gasteiger partial charge is 0.209 e. The molecular formula is C10H11F2NO3. The first-order valence-corrected chi connectivity index (χ1v) is 4.51. The molecule has 88 valence electrons. The van der Waals surface area contributed by atoms with Crippen LogP contribution in [0.4, 0.5) is 8.78 Å². The third-order valence-electron chi connectivity index (χ3n) is 2.04. The number of Topliss-reactive ketones (excluding diaryl/α,β-unsaturated/α-hetero) is 1. The highest BCUT2D eigenvalue weighted by Crippen LogP contribution is 2.31. The number of benzene rings is 1. The van der Waals surface area contributed by atoms with Gasteiger partial charge in [0, 0.05) is 6.42 Å². The summed E-state index contributed by atoms with van der Waals surface area (Å²) in [5, 5.41) is 9.10. The standard InChI is InChI=1S/C10H11F2NO3/c1-16-7-4-5(6(14)2-3-13)8(11)10(15)9(7)12/h4,15H,2-3,13H2,1H3. The van der Waals surface area contributed by atoms with Gasteiger partial charge in [0.05, 0.1) is 12.7 Å². The van der Waals surface area contributed by atoms with Crippen molar-refractivity contribution in [1.82, 2.24) is 0 Å². The van der Waals surface area contributed by atoms with Gasteiger partial charge in [-0.15, -0.1) is 0 Å². The average Bonchev–Trinajstić information content (AvgIpc) is 2.27. The Labute approximate surface area is 90.6 Å². The minimum absolute atomic E-state index is 0.0404. The quantitative estimate of drug-likeness (QED) is 0.764. The van der Waals surface area contributed by atoms with Crippen molar-refractivity contribution < 1.29 is 23.4 Å². The van der Waals surface area contributed by atoms with Crippen LogP contribution in [0.3, 0.4) is 0 Å². The number of nitrogens with two attached hydrogens (primary N) is 1. The Morgan fingerprint density at radius 2 is 2.12 bits per heavy atom. The second kappa shape index (κ2) is 4.89. The lowest BCUT2D eigenvalue weighted by Gasteiger charge is -2.08. The maximum absolute atomic E-state index is 13.3. The first-order valence-electron chi connectivity index (χ1n) is 4.51. The van der Waals surface area contributed by atoms with Crippen molar-refractivity contribution >= 4 is 5.78 Å². The molecule has 0 saturated heterocycles. The van der Waals surface area contributed by atoms with Crippen LogP contribution in [0.25, 0.3) is 0 Å². The third kappa shape index (κ3) is 2.11. The van der Waals surface area contributed by atoms with Crippen LogP contribution in [0.1, 0.15) is 16.8 Å². The maximum atomic E-state index is 13.3. The molecule has 0 aliphatic heterocycles. The Bertz CT molecular complexity index is 421. The molecule has 0 aliphatic carbocycles. The Morgan fingerprint density at radius 1 is 1.50 bits per heavy atom. The van der Waals surface area contributed by atoms with Crippen LogP contribution < -0.4 is 10.5 Å². The van der Waals surface area contributed by atoms with E-state index < -0.39 is 28.7 Å². The van der Waals surface area contributed by atoms with Gasteiger partial charge in [0.25, 0.3) is 0 Å². The largest absolute Gasteiger partial charge is 0.503 e. The van der Waals surface area contributed by atoms with Crippen LogP contribution in [-0.4, -0.2) is 24.5 Å². The Kier molecular flexibility index (Phi) is 3.78. The predicted octanol–water partition coefficient (Wildman–Crippen LogP) is 1.21. The number of phenolic OH excluding ortho intramolecular Hbond substituents is 1. The Hall–Kier alpha value is -1.69. The molecule has 0 spiro atoms. The summed E-state index contributed by atoms with van der Waals surface area (Å²) >= 11 is 0. The zero-order valence-corrected chi connectivity index (χ0v) is 8.59. The van der Waals surface area contributed by atoms with Gasteiger partial charge < -0.3 is 15.6 Å². The van der Waals surface area contributed by atoms with Gasteiger partial charge in [0.15, 0.2) is 23.1 Å². The Balaban J connectivity index is 3.29. The molecule has 0 saturated carbocycles. The number of carbonyl (C=O) groups excluding carboxylic acids is 1. The van der Waals surface area contributed by atoms with Crippen LogP contribution in [0.5, 0.6) is 11.5 Å². The lowest BCUT2D eigenvalue weighted by atomic mass is 10.1. The number of halogens is 2. The molecule has 1 aromatic carbocycles. The molecule has 1 rings (SSSR count). The molecule has 0 heterocycles. The zero-order chi connectivity index (χ0) is 12.3. The van der Waals surface area contributed by atoms with Crippen molar-refractivity contribution in [2.45, 2.75) is 6.42 Å². The number of hydrogen-bond donors (Lipinski definition) is 2. The number of methoxy groups -OCH3 is 1. The number of ether oxygens (including phenoxy) is 1. The number of hydrogen-bond acceptors (Lipinski definition) is 4. The van der Waals surface area contributed by atoms with Crippen LogP contribution in [0.2, 0.25) is 0 Å². The fourth-order valence-electron chi connectivity index (χ4n) is 1.22. The van der Waals surface area contributed by atoms with Gasteiger partial charge in [-0.1, -0.05) is 0 Å². The van der Waals surface area contributed by atoms with E-state index in [2.05, 4.69) is 4.74 Å². The molecule has 0 radical (unpaired) electrons. The van der Waals surface area contributed by atoms with E-state index in [0.717, 1.165) is 13.2 Å². The second-order valence-electron chi connectivity index (χ2n) is 3.06. The van der Waals surface area contributed by atoms with E-state index in [9.17, 15) is 13.6 Å². The SMILES string of the molecule is COc1cc(C(=O)CCN)c(F)c(O)c1F. The second-order valence-corrected chi connectivity index (χ2v) is 3.06. The summed E-state index contributed by atoms with van der Waals surface area (Å²) in [4.78, 5) is 11.4. The number of phenols is 1. The molecule has 0 atom stereocenters. The van der Waals surface area contributed by atoms with E-state index >= 15 is 0 Å². The van der Waals surface area contributed by atoms with Gasteiger partial charge in [0.1, 0.15) is 0 Å². The highest BCUT2D eigenvalue weighted by Gasteiger charge is 2.22. The molecule has 16 heavy (non-hydrogen) atoms. The van der Waals surface area contributed by atoms with Crippen molar-refractivity contribution in [2.24, 2.45) is 5.73 Å². The van der Waals surface area contributed by atoms with Gasteiger partial charge >= 0.3 is 0 Å². The number of ketones is 1. The molecule has 0 fully saturated rings. The van der Waals surface area contributed by atoms with E-state index in [1.165, 1.54) is 0 Å². The van der Waals surface area contributed by atoms with Gasteiger partial charge in [-0.2, -0.15) is 4.39 Å². The fourth-order valence-corrected chi connectivity index (χ4v) is 1.22. The monoisotopic (exact) mass is 231 g/mol. The lowest BCUT2D eigenvalue weighted by Crippen LogP contribution is -2.10. The first-order chi connectivity index (χ1) is 7.52. The van der Waals surface area contributed by atoms with Crippen LogP contribution in [0.15, 0.2) is 6.07 Å². The summed E-state index contributed by atoms with van der Waals surface area (Å²) in [7, 11) is 1.15. The highest BCUT2D eigenvalue weighted by molar-refractivity contribution is 5.97. The molecule has 1 aromatic rings. The van der Waals surface area contributed by atoms with Gasteiger partial charge in [-0.25, -0.2) is 4.39 Å². The summed E-state index contributed by atoms with van der Waals surface area (Å²) < 4.78 is 31.1. The van der Waals surface area contributed by atoms with E-state index in [-0.39, 0.29) is 18.7 Å². The maximum Gasteiger partial charge on any atom is 0.209 e. The van der Waals surface area contributed by atoms with E-state index in [1.807, 2.05) is 0 Å². The van der Waals surface area contributed by atoms with Crippen molar-refractivity contribution in [3.63, 3.8) is 0 Å². The minimum atomic E-state index is -1.29. The van der Waals surface area contributed by atoms with Crippen molar-refractivity contribution in [2.75, 3.05) is 13.7 Å². The van der Waals surface area contributed by atoms with Crippen LogP contribution in [0, 0.1) is 11.6 Å². The Morgan fingerprint density at radius 3 is 2.62 bits per heavy atom. The number of carbonyl (C=O) groups is 1. The average molecular weight is 231 g/mol. The van der Waals surface area contributed by atoms with Gasteiger partial charge in [-0.05, 0) is 12.6 Å². The number of aromatic hydroxyl groups is 1. The first kappa shape index (κ1) is 12.4. The fraction of sp³-hybridized carbons (Fsp3) is 0.300. The normalized spacial score (nSPS) is 10.2. The van der Waals surface area contributed by atoms with Gasteiger partial charge in [-0.3, -0.25) is 4.79 Å². The summed E-state index contributed by atoms with van der Waals surface area (Å²) in [5.41, 5.74) is 4.71. The topological polar surface area (TPSA) is 72.5 Å². The summed E-state index contributed by atoms with van der Waals surface area (Å²) in [6.45, 7) is 0.0404. The molecule has 4 nitrogen and oxygen atoms in total. The summed E-state index contributed by atoms with van der Waals surface area (Å²) in [6.07, 6.45) is -0.0921. The van der Waals surface area contributed by atoms with Crippen LogP contribution in [-0.2, 0) is 0 Å². The molecule has 0 unspecified atom stereocenters. The van der Waals surface area contributed by atoms with Crippen molar-refractivity contribution in [3.05, 3.63) is 23.3 Å². The number of rotatable bonds is 4. The highest BCUT2D eigenvalue weighted by atomic mass is 19.1. The van der Waals surface area contributed by atoms with E-state index in [1.54, 1.807) is 0 Å². The van der Waals surface area contributed by atoms with Crippen LogP contribution >= 0.6 is 0 Å². The zero-order valence-electron chi connectivity index (χ0n) is 8.59. The molecule has 0 bridgehead atoms. The molecule has 3 N–H and O–H groups in total. The van der Waals surface area contributed by atoms with Crippen molar-refractivity contribution in [1.29, 1.82) is 0 Å². The van der Waals surface area contributed by atoms with Gasteiger partial charge in [0.2, 0.25) is 5.82 Å². The van der Waals surface area contributed by atoms with E-state index in [0.29, 0.717) is 0 Å². The predicted molar refractivity (Wildman–Crippen MR) is 52.6 cm³/mol. The third-order valence-corrected chi connectivity index (χ3v) is 2.04. The molecule has 0 aromatic heterocycles. The molecule has 0 aliphatic rings. The lowest BCUT2D eigenvalue weighted by molar-refractivity contribution is 0.0980.